The highest BCUT2D eigenvalue weighted by Gasteiger charge is 2.31. The van der Waals surface area contributed by atoms with Crippen LogP contribution in [0.5, 0.6) is 0 Å². The summed E-state index contributed by atoms with van der Waals surface area (Å²) in [5, 5.41) is 7.09. The fraction of sp³-hybridized carbons (Fsp3) is 0.476. The molecule has 0 saturated heterocycles. The van der Waals surface area contributed by atoms with Crippen molar-refractivity contribution < 1.29 is 23.2 Å². The Morgan fingerprint density at radius 1 is 1.34 bits per heavy atom. The number of carbonyl (C=O) groups is 2. The first-order chi connectivity index (χ1) is 13.9. The minimum absolute atomic E-state index is 0.0436. The maximum absolute atomic E-state index is 14.4. The number of hydrogen-bond donors (Lipinski definition) is 1. The zero-order valence-electron chi connectivity index (χ0n) is 16.5. The number of amides is 1. The highest BCUT2D eigenvalue weighted by molar-refractivity contribution is 6.33. The highest BCUT2D eigenvalue weighted by atomic mass is 35.5. The molecule has 1 heterocycles. The average molecular weight is 423 g/mol. The SMILES string of the molecule is COC(=O)CC[C@@H]1CCCC[C@H]1NC(=O)c1c(-c2c(F)cccc2Cl)noc1C. The maximum atomic E-state index is 14.4. The van der Waals surface area contributed by atoms with Gasteiger partial charge in [-0.1, -0.05) is 35.7 Å². The van der Waals surface area contributed by atoms with Gasteiger partial charge in [-0.3, -0.25) is 9.59 Å². The second kappa shape index (κ2) is 9.39. The van der Waals surface area contributed by atoms with E-state index < -0.39 is 5.82 Å². The summed E-state index contributed by atoms with van der Waals surface area (Å²) in [6, 6.07) is 4.20. The number of benzene rings is 1. The summed E-state index contributed by atoms with van der Waals surface area (Å²) in [5.41, 5.74) is 0.307. The smallest absolute Gasteiger partial charge is 0.305 e. The Kier molecular flexibility index (Phi) is 6.90. The minimum Gasteiger partial charge on any atom is -0.469 e. The number of ether oxygens (including phenoxy) is 1. The Morgan fingerprint density at radius 3 is 2.83 bits per heavy atom. The topological polar surface area (TPSA) is 81.4 Å². The van der Waals surface area contributed by atoms with Gasteiger partial charge in [0.1, 0.15) is 22.8 Å². The van der Waals surface area contributed by atoms with Crippen LogP contribution in [-0.4, -0.2) is 30.2 Å². The third kappa shape index (κ3) is 4.78. The van der Waals surface area contributed by atoms with E-state index in [9.17, 15) is 14.0 Å². The van der Waals surface area contributed by atoms with Gasteiger partial charge in [-0.15, -0.1) is 0 Å². The molecule has 3 rings (SSSR count). The van der Waals surface area contributed by atoms with Crippen molar-refractivity contribution in [3.8, 4) is 11.3 Å². The van der Waals surface area contributed by atoms with Gasteiger partial charge in [0.2, 0.25) is 0 Å². The van der Waals surface area contributed by atoms with Crippen LogP contribution in [-0.2, 0) is 9.53 Å². The quantitative estimate of drug-likeness (QED) is 0.683. The van der Waals surface area contributed by atoms with Crippen LogP contribution in [0, 0.1) is 18.7 Å². The van der Waals surface area contributed by atoms with Crippen molar-refractivity contribution in [2.24, 2.45) is 5.92 Å². The second-order valence-electron chi connectivity index (χ2n) is 7.30. The number of hydrogen-bond acceptors (Lipinski definition) is 5. The molecule has 2 aromatic rings. The van der Waals surface area contributed by atoms with E-state index in [-0.39, 0.29) is 45.7 Å². The Balaban J connectivity index is 1.82. The van der Waals surface area contributed by atoms with Crippen molar-refractivity contribution >= 4 is 23.5 Å². The molecular formula is C21H24ClFN2O4. The van der Waals surface area contributed by atoms with E-state index in [4.69, 9.17) is 20.9 Å². The zero-order valence-corrected chi connectivity index (χ0v) is 17.2. The number of carbonyl (C=O) groups excluding carboxylic acids is 2. The first kappa shape index (κ1) is 21.3. The third-order valence-electron chi connectivity index (χ3n) is 5.46. The molecule has 156 valence electrons. The molecule has 0 aliphatic heterocycles. The van der Waals surface area contributed by atoms with Gasteiger partial charge in [-0.2, -0.15) is 0 Å². The van der Waals surface area contributed by atoms with E-state index in [0.29, 0.717) is 18.6 Å². The molecule has 6 nitrogen and oxygen atoms in total. The predicted octanol–water partition coefficient (Wildman–Crippen LogP) is 4.68. The lowest BCUT2D eigenvalue weighted by Gasteiger charge is -2.32. The van der Waals surface area contributed by atoms with Crippen LogP contribution in [0.3, 0.4) is 0 Å². The molecule has 8 heteroatoms. The van der Waals surface area contributed by atoms with Crippen molar-refractivity contribution in [2.45, 2.75) is 51.5 Å². The van der Waals surface area contributed by atoms with E-state index in [0.717, 1.165) is 25.7 Å². The summed E-state index contributed by atoms with van der Waals surface area (Å²) in [6.45, 7) is 1.61. The van der Waals surface area contributed by atoms with Crippen LogP contribution < -0.4 is 5.32 Å². The zero-order chi connectivity index (χ0) is 21.0. The molecule has 0 unspecified atom stereocenters. The van der Waals surface area contributed by atoms with E-state index in [1.165, 1.54) is 25.3 Å². The number of nitrogens with zero attached hydrogens (tertiary/aromatic N) is 1. The molecule has 29 heavy (non-hydrogen) atoms. The molecule has 1 saturated carbocycles. The molecule has 2 atom stereocenters. The number of aromatic nitrogens is 1. The molecule has 1 aromatic heterocycles. The van der Waals surface area contributed by atoms with Gasteiger partial charge in [0.25, 0.3) is 5.91 Å². The Hall–Kier alpha value is -2.41. The average Bonchev–Trinajstić information content (AvgIpc) is 3.08. The first-order valence-electron chi connectivity index (χ1n) is 9.70. The summed E-state index contributed by atoms with van der Waals surface area (Å²) in [4.78, 5) is 24.6. The molecule has 1 amide bonds. The molecule has 1 fully saturated rings. The van der Waals surface area contributed by atoms with Crippen molar-refractivity contribution in [1.29, 1.82) is 0 Å². The Labute approximate surface area is 173 Å². The van der Waals surface area contributed by atoms with E-state index >= 15 is 0 Å². The fourth-order valence-electron chi connectivity index (χ4n) is 3.92. The van der Waals surface area contributed by atoms with Crippen molar-refractivity contribution in [3.05, 3.63) is 40.4 Å². The Morgan fingerprint density at radius 2 is 2.10 bits per heavy atom. The maximum Gasteiger partial charge on any atom is 0.305 e. The van der Waals surface area contributed by atoms with Gasteiger partial charge in [0, 0.05) is 12.5 Å². The lowest BCUT2D eigenvalue weighted by molar-refractivity contribution is -0.141. The van der Waals surface area contributed by atoms with Gasteiger partial charge in [0.15, 0.2) is 0 Å². The third-order valence-corrected chi connectivity index (χ3v) is 5.78. The van der Waals surface area contributed by atoms with Gasteiger partial charge in [-0.25, -0.2) is 4.39 Å². The largest absolute Gasteiger partial charge is 0.469 e. The van der Waals surface area contributed by atoms with Crippen molar-refractivity contribution in [2.75, 3.05) is 7.11 Å². The number of halogens is 2. The normalized spacial score (nSPS) is 19.0. The van der Waals surface area contributed by atoms with Gasteiger partial charge >= 0.3 is 5.97 Å². The summed E-state index contributed by atoms with van der Waals surface area (Å²) >= 11 is 6.15. The summed E-state index contributed by atoms with van der Waals surface area (Å²) in [7, 11) is 1.37. The van der Waals surface area contributed by atoms with Crippen LogP contribution >= 0.6 is 11.6 Å². The van der Waals surface area contributed by atoms with Crippen LogP contribution in [0.25, 0.3) is 11.3 Å². The second-order valence-corrected chi connectivity index (χ2v) is 7.71. The summed E-state index contributed by atoms with van der Waals surface area (Å²) < 4.78 is 24.3. The molecule has 1 aromatic carbocycles. The molecule has 1 aliphatic rings. The monoisotopic (exact) mass is 422 g/mol. The molecule has 1 N–H and O–H groups in total. The Bertz CT molecular complexity index is 879. The van der Waals surface area contributed by atoms with Crippen LogP contribution in [0.15, 0.2) is 22.7 Å². The number of aryl methyl sites for hydroxylation is 1. The van der Waals surface area contributed by atoms with Gasteiger partial charge in [0.05, 0.1) is 17.7 Å². The fourth-order valence-corrected chi connectivity index (χ4v) is 4.18. The molecule has 0 radical (unpaired) electrons. The van der Waals surface area contributed by atoms with Crippen molar-refractivity contribution in [3.63, 3.8) is 0 Å². The molecule has 0 spiro atoms. The van der Waals surface area contributed by atoms with Gasteiger partial charge in [-0.05, 0) is 44.2 Å². The van der Waals surface area contributed by atoms with E-state index in [1.807, 2.05) is 0 Å². The van der Waals surface area contributed by atoms with Crippen molar-refractivity contribution in [1.82, 2.24) is 10.5 Å². The van der Waals surface area contributed by atoms with Gasteiger partial charge < -0.3 is 14.6 Å². The van der Waals surface area contributed by atoms with E-state index in [1.54, 1.807) is 6.92 Å². The number of methoxy groups -OCH3 is 1. The lowest BCUT2D eigenvalue weighted by Crippen LogP contribution is -2.42. The minimum atomic E-state index is -0.575. The summed E-state index contributed by atoms with van der Waals surface area (Å²) in [5.74, 6) is -0.750. The van der Waals surface area contributed by atoms with Crippen LogP contribution in [0.2, 0.25) is 5.02 Å². The molecular weight excluding hydrogens is 399 g/mol. The lowest BCUT2D eigenvalue weighted by atomic mass is 9.81. The number of nitrogens with one attached hydrogen (secondary N) is 1. The first-order valence-corrected chi connectivity index (χ1v) is 10.1. The number of rotatable bonds is 6. The number of esters is 1. The predicted molar refractivity (Wildman–Crippen MR) is 106 cm³/mol. The van der Waals surface area contributed by atoms with Crippen LogP contribution in [0.4, 0.5) is 4.39 Å². The van der Waals surface area contributed by atoms with E-state index in [2.05, 4.69) is 10.5 Å². The summed E-state index contributed by atoms with van der Waals surface area (Å²) in [6.07, 6.45) is 4.76. The highest BCUT2D eigenvalue weighted by Crippen LogP contribution is 2.34. The van der Waals surface area contributed by atoms with Crippen LogP contribution in [0.1, 0.15) is 54.6 Å². The molecule has 1 aliphatic carbocycles. The standard InChI is InChI=1S/C21H24ClFN2O4/c1-12-18(20(25-29-12)19-14(22)7-5-8-15(19)23)21(27)24-16-9-4-3-6-13(16)10-11-17(26)28-2/h5,7-8,13,16H,3-4,6,9-11H2,1-2H3,(H,24,27)/t13-,16+/m0/s1. The molecule has 0 bridgehead atoms.